The van der Waals surface area contributed by atoms with Crippen molar-refractivity contribution in [3.8, 4) is 0 Å². The molecule has 2 rings (SSSR count). The van der Waals surface area contributed by atoms with E-state index in [1.165, 1.54) is 6.08 Å². The van der Waals surface area contributed by atoms with Crippen molar-refractivity contribution in [1.29, 1.82) is 0 Å². The van der Waals surface area contributed by atoms with Crippen molar-refractivity contribution in [3.05, 3.63) is 76.3 Å². The molecule has 0 spiro atoms. The maximum absolute atomic E-state index is 11.9. The molecule has 24 heavy (non-hydrogen) atoms. The molecule has 4 nitrogen and oxygen atoms in total. The maximum atomic E-state index is 11.9. The highest BCUT2D eigenvalue weighted by molar-refractivity contribution is 9.10. The molecule has 2 aromatic carbocycles. The first kappa shape index (κ1) is 17.9. The molecular formula is C19H19BrN2O2. The Morgan fingerprint density at radius 1 is 1.08 bits per heavy atom. The minimum absolute atomic E-state index is 0.0567. The predicted molar refractivity (Wildman–Crippen MR) is 99.2 cm³/mol. The lowest BCUT2D eigenvalue weighted by molar-refractivity contribution is -0.124. The highest BCUT2D eigenvalue weighted by Gasteiger charge is 2.09. The molecule has 2 N–H and O–H groups in total. The zero-order chi connectivity index (χ0) is 17.4. The van der Waals surface area contributed by atoms with Crippen LogP contribution in [0.3, 0.4) is 0 Å². The molecule has 0 aromatic heterocycles. The summed E-state index contributed by atoms with van der Waals surface area (Å²) in [6.07, 6.45) is 3.12. The monoisotopic (exact) mass is 386 g/mol. The Morgan fingerprint density at radius 2 is 1.75 bits per heavy atom. The largest absolute Gasteiger partial charge is 0.348 e. The molecule has 0 unspecified atom stereocenters. The van der Waals surface area contributed by atoms with Gasteiger partial charge in [-0.25, -0.2) is 0 Å². The highest BCUT2D eigenvalue weighted by Crippen LogP contribution is 2.16. The van der Waals surface area contributed by atoms with E-state index in [1.807, 2.05) is 61.5 Å². The second-order valence-electron chi connectivity index (χ2n) is 5.30. The number of carbonyl (C=O) groups is 2. The number of benzene rings is 2. The van der Waals surface area contributed by atoms with Crippen LogP contribution in [0.25, 0.3) is 6.08 Å². The molecule has 1 atom stereocenters. The van der Waals surface area contributed by atoms with E-state index in [9.17, 15) is 9.59 Å². The second kappa shape index (κ2) is 9.03. The van der Waals surface area contributed by atoms with E-state index >= 15 is 0 Å². The molecule has 0 saturated carbocycles. The van der Waals surface area contributed by atoms with E-state index in [2.05, 4.69) is 26.6 Å². The fourth-order valence-corrected chi connectivity index (χ4v) is 2.35. The number of hydrogen-bond donors (Lipinski definition) is 2. The van der Waals surface area contributed by atoms with Gasteiger partial charge in [0.2, 0.25) is 11.8 Å². The molecule has 124 valence electrons. The van der Waals surface area contributed by atoms with Crippen LogP contribution in [-0.4, -0.2) is 18.4 Å². The van der Waals surface area contributed by atoms with Crippen molar-refractivity contribution in [1.82, 2.24) is 10.6 Å². The van der Waals surface area contributed by atoms with Gasteiger partial charge >= 0.3 is 0 Å². The summed E-state index contributed by atoms with van der Waals surface area (Å²) in [5.41, 5.74) is 1.93. The van der Waals surface area contributed by atoms with E-state index < -0.39 is 0 Å². The predicted octanol–water partition coefficient (Wildman–Crippen LogP) is 3.46. The average molecular weight is 387 g/mol. The summed E-state index contributed by atoms with van der Waals surface area (Å²) in [7, 11) is 0. The van der Waals surface area contributed by atoms with Gasteiger partial charge in [-0.05, 0) is 36.3 Å². The normalized spacial score (nSPS) is 11.9. The van der Waals surface area contributed by atoms with Crippen LogP contribution in [0.5, 0.6) is 0 Å². The lowest BCUT2D eigenvalue weighted by Gasteiger charge is -2.14. The zero-order valence-electron chi connectivity index (χ0n) is 13.3. The van der Waals surface area contributed by atoms with Crippen LogP contribution >= 0.6 is 15.9 Å². The summed E-state index contributed by atoms with van der Waals surface area (Å²) in [5.74, 6) is -0.530. The Bertz CT molecular complexity index is 712. The quantitative estimate of drug-likeness (QED) is 0.746. The average Bonchev–Trinajstić information content (AvgIpc) is 2.59. The first-order valence-corrected chi connectivity index (χ1v) is 8.39. The Labute approximate surface area is 150 Å². The van der Waals surface area contributed by atoms with Crippen LogP contribution < -0.4 is 10.6 Å². The van der Waals surface area contributed by atoms with Crippen molar-refractivity contribution in [2.45, 2.75) is 13.0 Å². The molecular weight excluding hydrogens is 368 g/mol. The first-order chi connectivity index (χ1) is 11.5. The SMILES string of the molecule is C[C@@H](NC(=O)CNC(=O)/C=C/c1ccccc1)c1ccc(Br)cc1. The molecule has 0 aliphatic carbocycles. The molecule has 0 saturated heterocycles. The summed E-state index contributed by atoms with van der Waals surface area (Å²) < 4.78 is 0.988. The van der Waals surface area contributed by atoms with Gasteiger partial charge in [0.05, 0.1) is 12.6 Å². The van der Waals surface area contributed by atoms with Crippen molar-refractivity contribution < 1.29 is 9.59 Å². The van der Waals surface area contributed by atoms with Gasteiger partial charge in [-0.2, -0.15) is 0 Å². The van der Waals surface area contributed by atoms with Gasteiger partial charge in [-0.15, -0.1) is 0 Å². The lowest BCUT2D eigenvalue weighted by Crippen LogP contribution is -2.37. The maximum Gasteiger partial charge on any atom is 0.244 e. The van der Waals surface area contributed by atoms with E-state index in [-0.39, 0.29) is 24.4 Å². The summed E-state index contributed by atoms with van der Waals surface area (Å²) in [5, 5.41) is 5.43. The Kier molecular flexibility index (Phi) is 6.75. The van der Waals surface area contributed by atoms with E-state index in [0.29, 0.717) is 0 Å². The number of nitrogens with one attached hydrogen (secondary N) is 2. The molecule has 0 aliphatic rings. The third-order valence-electron chi connectivity index (χ3n) is 3.40. The number of amides is 2. The number of carbonyl (C=O) groups excluding carboxylic acids is 2. The second-order valence-corrected chi connectivity index (χ2v) is 6.22. The Balaban J connectivity index is 1.77. The number of halogens is 1. The third-order valence-corrected chi connectivity index (χ3v) is 3.93. The number of hydrogen-bond acceptors (Lipinski definition) is 2. The summed E-state index contributed by atoms with van der Waals surface area (Å²) >= 11 is 3.38. The molecule has 0 radical (unpaired) electrons. The van der Waals surface area contributed by atoms with Crippen LogP contribution in [-0.2, 0) is 9.59 Å². The van der Waals surface area contributed by atoms with Gasteiger partial charge in [-0.1, -0.05) is 58.4 Å². The highest BCUT2D eigenvalue weighted by atomic mass is 79.9. The molecule has 0 aliphatic heterocycles. The molecule has 5 heteroatoms. The minimum atomic E-state index is -0.301. The van der Waals surface area contributed by atoms with Gasteiger partial charge in [0.1, 0.15) is 0 Å². The smallest absolute Gasteiger partial charge is 0.244 e. The van der Waals surface area contributed by atoms with Crippen molar-refractivity contribution in [3.63, 3.8) is 0 Å². The summed E-state index contributed by atoms with van der Waals surface area (Å²) in [4.78, 5) is 23.6. The summed E-state index contributed by atoms with van der Waals surface area (Å²) in [6.45, 7) is 1.84. The standard InChI is InChI=1S/C19H19BrN2O2/c1-14(16-8-10-17(20)11-9-16)22-19(24)13-21-18(23)12-7-15-5-3-2-4-6-15/h2-12,14H,13H2,1H3,(H,21,23)(H,22,24)/b12-7+/t14-/m1/s1. The van der Waals surface area contributed by atoms with Gasteiger partial charge in [0, 0.05) is 10.5 Å². The minimum Gasteiger partial charge on any atom is -0.348 e. The van der Waals surface area contributed by atoms with Crippen LogP contribution in [0.2, 0.25) is 0 Å². The van der Waals surface area contributed by atoms with E-state index in [4.69, 9.17) is 0 Å². The Morgan fingerprint density at radius 3 is 2.42 bits per heavy atom. The van der Waals surface area contributed by atoms with Gasteiger partial charge in [-0.3, -0.25) is 9.59 Å². The molecule has 0 fully saturated rings. The van der Waals surface area contributed by atoms with E-state index in [0.717, 1.165) is 15.6 Å². The fraction of sp³-hybridized carbons (Fsp3) is 0.158. The molecule has 2 aromatic rings. The summed E-state index contributed by atoms with van der Waals surface area (Å²) in [6, 6.07) is 17.1. The van der Waals surface area contributed by atoms with Crippen molar-refractivity contribution in [2.24, 2.45) is 0 Å². The molecule has 0 bridgehead atoms. The number of rotatable bonds is 6. The van der Waals surface area contributed by atoms with Crippen LogP contribution in [0.15, 0.2) is 65.1 Å². The Hall–Kier alpha value is -2.40. The molecule has 0 heterocycles. The van der Waals surface area contributed by atoms with Gasteiger partial charge < -0.3 is 10.6 Å². The van der Waals surface area contributed by atoms with Crippen molar-refractivity contribution in [2.75, 3.05) is 6.54 Å². The molecule has 2 amide bonds. The third kappa shape index (κ3) is 6.01. The lowest BCUT2D eigenvalue weighted by atomic mass is 10.1. The van der Waals surface area contributed by atoms with Gasteiger partial charge in [0.25, 0.3) is 0 Å². The van der Waals surface area contributed by atoms with Crippen molar-refractivity contribution >= 4 is 33.8 Å². The van der Waals surface area contributed by atoms with Crippen LogP contribution in [0.1, 0.15) is 24.1 Å². The van der Waals surface area contributed by atoms with Gasteiger partial charge in [0.15, 0.2) is 0 Å². The first-order valence-electron chi connectivity index (χ1n) is 7.60. The van der Waals surface area contributed by atoms with Crippen LogP contribution in [0.4, 0.5) is 0 Å². The zero-order valence-corrected chi connectivity index (χ0v) is 14.9. The van der Waals surface area contributed by atoms with Crippen LogP contribution in [0, 0.1) is 0 Å². The fourth-order valence-electron chi connectivity index (χ4n) is 2.09. The van der Waals surface area contributed by atoms with E-state index in [1.54, 1.807) is 6.08 Å². The topological polar surface area (TPSA) is 58.2 Å².